The highest BCUT2D eigenvalue weighted by atomic mass is 16.3. The summed E-state index contributed by atoms with van der Waals surface area (Å²) < 4.78 is 0. The number of allylic oxidation sites excluding steroid dienone is 4. The molecule has 0 bridgehead atoms. The number of hydrogen-bond acceptors (Lipinski definition) is 5. The van der Waals surface area contributed by atoms with E-state index < -0.39 is 5.41 Å². The molecule has 0 amide bonds. The molecule has 5 heteroatoms. The number of phenolic OH excluding ortho intramolecular Hbond substituents is 2. The van der Waals surface area contributed by atoms with Crippen LogP contribution in [0.4, 0.5) is 5.69 Å². The maximum Gasteiger partial charge on any atom is 0.178 e. The van der Waals surface area contributed by atoms with E-state index in [2.05, 4.69) is 9.98 Å². The second-order valence-electron chi connectivity index (χ2n) is 5.37. The summed E-state index contributed by atoms with van der Waals surface area (Å²) in [6, 6.07) is 0. The average molecular weight is 280 g/mol. The first-order chi connectivity index (χ1) is 10.1. The maximum absolute atomic E-state index is 11.4. The van der Waals surface area contributed by atoms with Gasteiger partial charge < -0.3 is 10.2 Å². The van der Waals surface area contributed by atoms with Crippen LogP contribution >= 0.6 is 0 Å². The fraction of sp³-hybridized carbons (Fsp3) is 0.188. The summed E-state index contributed by atoms with van der Waals surface area (Å²) in [5.41, 5.74) is 0.302. The predicted molar refractivity (Wildman–Crippen MR) is 77.6 cm³/mol. The van der Waals surface area contributed by atoms with Crippen LogP contribution < -0.4 is 10.6 Å². The van der Waals surface area contributed by atoms with E-state index in [1.807, 2.05) is 0 Å². The van der Waals surface area contributed by atoms with Crippen molar-refractivity contribution in [1.82, 2.24) is 0 Å². The van der Waals surface area contributed by atoms with Crippen LogP contribution in [0.15, 0.2) is 34.3 Å². The van der Waals surface area contributed by atoms with Crippen LogP contribution in [0, 0.1) is 0 Å². The van der Waals surface area contributed by atoms with Crippen molar-refractivity contribution in [1.29, 1.82) is 0 Å². The van der Waals surface area contributed by atoms with Crippen LogP contribution in [0.3, 0.4) is 0 Å². The van der Waals surface area contributed by atoms with Gasteiger partial charge in [0.25, 0.3) is 0 Å². The molecule has 3 aliphatic rings. The molecule has 1 aliphatic carbocycles. The highest BCUT2D eigenvalue weighted by Crippen LogP contribution is 2.40. The zero-order valence-corrected chi connectivity index (χ0v) is 11.1. The summed E-state index contributed by atoms with van der Waals surface area (Å²) in [5, 5.41) is 21.9. The summed E-state index contributed by atoms with van der Waals surface area (Å²) in [5.74, 6) is -0.0209. The van der Waals surface area contributed by atoms with Crippen LogP contribution in [0.1, 0.15) is 12.0 Å². The average Bonchev–Trinajstić information content (AvgIpc) is 2.98. The monoisotopic (exact) mass is 280 g/mol. The Morgan fingerprint density at radius 3 is 2.67 bits per heavy atom. The topological polar surface area (TPSA) is 82.2 Å². The molecule has 0 atom stereocenters. The summed E-state index contributed by atoms with van der Waals surface area (Å²) in [6.07, 6.45) is 10.4. The second kappa shape index (κ2) is 3.91. The standard InChI is InChI=1S/C16H12N2O3/c19-9-1-4-16(5-2-9)6-8-18-13-11(16)14(20)10-3-7-17-12(10)15(13)21/h1-5,7,20-21H,6,8H2. The number of aromatic hydroxyl groups is 2. The van der Waals surface area contributed by atoms with Crippen LogP contribution in [0.2, 0.25) is 0 Å². The minimum atomic E-state index is -0.599. The number of fused-ring (bicyclic) bond motifs is 3. The molecule has 0 saturated heterocycles. The highest BCUT2D eigenvalue weighted by molar-refractivity contribution is 6.01. The van der Waals surface area contributed by atoms with Gasteiger partial charge in [0.2, 0.25) is 0 Å². The quantitative estimate of drug-likeness (QED) is 0.681. The maximum atomic E-state index is 11.4. The molecular formula is C16H12N2O3. The van der Waals surface area contributed by atoms with Crippen molar-refractivity contribution in [2.24, 2.45) is 9.98 Å². The number of nitrogens with zero attached hydrogens (tertiary/aromatic N) is 2. The Morgan fingerprint density at radius 2 is 1.90 bits per heavy atom. The summed E-state index contributed by atoms with van der Waals surface area (Å²) in [7, 11) is 0. The van der Waals surface area contributed by atoms with E-state index >= 15 is 0 Å². The molecule has 2 aliphatic heterocycles. The Kier molecular flexibility index (Phi) is 2.25. The lowest BCUT2D eigenvalue weighted by Crippen LogP contribution is -2.36. The number of benzene rings is 1. The van der Waals surface area contributed by atoms with Gasteiger partial charge in [-0.3, -0.25) is 14.8 Å². The third kappa shape index (κ3) is 1.48. The highest BCUT2D eigenvalue weighted by Gasteiger charge is 2.37. The molecule has 104 valence electrons. The van der Waals surface area contributed by atoms with Crippen LogP contribution in [-0.2, 0) is 10.2 Å². The molecule has 1 spiro atoms. The van der Waals surface area contributed by atoms with E-state index in [0.29, 0.717) is 34.8 Å². The SMILES string of the molecule is O=C1C=CC2(C=C1)CCN=c1c(O)c3c(c(O)c12)=CC=N3. The minimum Gasteiger partial charge on any atom is -0.507 e. The zero-order chi connectivity index (χ0) is 14.6. The van der Waals surface area contributed by atoms with E-state index in [-0.39, 0.29) is 17.3 Å². The predicted octanol–water partition coefficient (Wildman–Crippen LogP) is 0.550. The van der Waals surface area contributed by atoms with Crippen molar-refractivity contribution in [2.45, 2.75) is 11.8 Å². The molecular weight excluding hydrogens is 268 g/mol. The molecule has 0 aromatic heterocycles. The van der Waals surface area contributed by atoms with Gasteiger partial charge in [-0.2, -0.15) is 0 Å². The van der Waals surface area contributed by atoms with Crippen molar-refractivity contribution in [3.05, 3.63) is 40.4 Å². The first-order valence-electron chi connectivity index (χ1n) is 6.72. The Morgan fingerprint density at radius 1 is 1.14 bits per heavy atom. The fourth-order valence-corrected chi connectivity index (χ4v) is 3.17. The van der Waals surface area contributed by atoms with Gasteiger partial charge in [-0.15, -0.1) is 0 Å². The molecule has 0 radical (unpaired) electrons. The number of ketones is 1. The van der Waals surface area contributed by atoms with E-state index in [1.54, 1.807) is 18.2 Å². The molecule has 0 unspecified atom stereocenters. The van der Waals surface area contributed by atoms with E-state index in [0.717, 1.165) is 0 Å². The molecule has 2 N–H and O–H groups in total. The van der Waals surface area contributed by atoms with Gasteiger partial charge in [0.05, 0.1) is 0 Å². The molecule has 0 fully saturated rings. The lowest BCUT2D eigenvalue weighted by molar-refractivity contribution is -0.110. The number of hydrogen-bond donors (Lipinski definition) is 2. The smallest absolute Gasteiger partial charge is 0.178 e. The molecule has 21 heavy (non-hydrogen) atoms. The third-order valence-corrected chi connectivity index (χ3v) is 4.23. The molecule has 1 aromatic carbocycles. The van der Waals surface area contributed by atoms with Crippen molar-refractivity contribution >= 4 is 23.8 Å². The van der Waals surface area contributed by atoms with Crippen molar-refractivity contribution in [2.75, 3.05) is 6.54 Å². The van der Waals surface area contributed by atoms with Crippen LogP contribution in [0.5, 0.6) is 11.5 Å². The number of carbonyl (C=O) groups excluding carboxylic acids is 1. The van der Waals surface area contributed by atoms with Gasteiger partial charge in [-0.25, -0.2) is 0 Å². The van der Waals surface area contributed by atoms with Gasteiger partial charge >= 0.3 is 0 Å². The summed E-state index contributed by atoms with van der Waals surface area (Å²) in [4.78, 5) is 19.8. The fourth-order valence-electron chi connectivity index (χ4n) is 3.17. The third-order valence-electron chi connectivity index (χ3n) is 4.23. The molecule has 2 heterocycles. The van der Waals surface area contributed by atoms with E-state index in [1.165, 1.54) is 18.4 Å². The largest absolute Gasteiger partial charge is 0.507 e. The van der Waals surface area contributed by atoms with E-state index in [9.17, 15) is 15.0 Å². The van der Waals surface area contributed by atoms with Crippen LogP contribution in [0.25, 0.3) is 6.08 Å². The number of phenols is 2. The molecule has 4 rings (SSSR count). The lowest BCUT2D eigenvalue weighted by Gasteiger charge is -2.32. The molecule has 0 saturated carbocycles. The molecule has 5 nitrogen and oxygen atoms in total. The molecule has 1 aromatic rings. The Hall–Kier alpha value is -2.69. The van der Waals surface area contributed by atoms with Crippen molar-refractivity contribution < 1.29 is 15.0 Å². The summed E-state index contributed by atoms with van der Waals surface area (Å²) >= 11 is 0. The number of carbonyl (C=O) groups is 1. The first kappa shape index (κ1) is 12.1. The normalized spacial score (nSPS) is 20.1. The lowest BCUT2D eigenvalue weighted by atomic mass is 9.72. The first-order valence-corrected chi connectivity index (χ1v) is 6.72. The van der Waals surface area contributed by atoms with Gasteiger partial charge in [-0.1, -0.05) is 12.2 Å². The van der Waals surface area contributed by atoms with Gasteiger partial charge in [-0.05, 0) is 24.6 Å². The Labute approximate surface area is 120 Å². The Bertz CT molecular complexity index is 875. The van der Waals surface area contributed by atoms with E-state index in [4.69, 9.17) is 0 Å². The van der Waals surface area contributed by atoms with Crippen molar-refractivity contribution in [3.8, 4) is 11.5 Å². The van der Waals surface area contributed by atoms with Gasteiger partial charge in [0, 0.05) is 29.0 Å². The zero-order valence-electron chi connectivity index (χ0n) is 11.1. The van der Waals surface area contributed by atoms with Gasteiger partial charge in [0.15, 0.2) is 11.5 Å². The minimum absolute atomic E-state index is 0.0134. The summed E-state index contributed by atoms with van der Waals surface area (Å²) in [6.45, 7) is 0.509. The van der Waals surface area contributed by atoms with Gasteiger partial charge in [0.1, 0.15) is 16.8 Å². The Balaban J connectivity index is 2.12. The second-order valence-corrected chi connectivity index (χ2v) is 5.37. The number of aliphatic imine (C=N–C) groups is 1. The van der Waals surface area contributed by atoms with Crippen molar-refractivity contribution in [3.63, 3.8) is 0 Å². The van der Waals surface area contributed by atoms with Crippen LogP contribution in [-0.4, -0.2) is 28.8 Å². The number of rotatable bonds is 0.